The predicted molar refractivity (Wildman–Crippen MR) is 74.3 cm³/mol. The highest BCUT2D eigenvalue weighted by Gasteiger charge is 2.18. The van der Waals surface area contributed by atoms with Gasteiger partial charge in [-0.2, -0.15) is 5.10 Å². The smallest absolute Gasteiger partial charge is 0.173 e. The van der Waals surface area contributed by atoms with Crippen LogP contribution in [0.15, 0.2) is 10.2 Å². The third-order valence-corrected chi connectivity index (χ3v) is 3.79. The minimum absolute atomic E-state index is 0.120. The van der Waals surface area contributed by atoms with Crippen LogP contribution in [0.2, 0.25) is 0 Å². The first-order valence-electron chi connectivity index (χ1n) is 6.18. The number of oxime groups is 1. The lowest BCUT2D eigenvalue weighted by Crippen LogP contribution is -2.20. The first-order chi connectivity index (χ1) is 8.69. The molecule has 0 unspecified atom stereocenters. The third-order valence-electron chi connectivity index (χ3n) is 2.62. The lowest BCUT2D eigenvalue weighted by atomic mass is 10.0. The van der Waals surface area contributed by atoms with E-state index in [1.165, 1.54) is 0 Å². The number of hydrogen-bond donors (Lipinski definition) is 2. The summed E-state index contributed by atoms with van der Waals surface area (Å²) in [4.78, 5) is 0. The molecule has 0 radical (unpaired) electrons. The fourth-order valence-corrected chi connectivity index (χ4v) is 2.64. The summed E-state index contributed by atoms with van der Waals surface area (Å²) < 4.78 is 0. The summed E-state index contributed by atoms with van der Waals surface area (Å²) in [7, 11) is 0. The van der Waals surface area contributed by atoms with E-state index in [2.05, 4.69) is 22.3 Å². The van der Waals surface area contributed by atoms with Gasteiger partial charge in [-0.3, -0.25) is 0 Å². The van der Waals surface area contributed by atoms with Gasteiger partial charge in [-0.15, -0.1) is 16.9 Å². The molecule has 1 rings (SSSR count). The van der Waals surface area contributed by atoms with E-state index >= 15 is 0 Å². The second-order valence-corrected chi connectivity index (χ2v) is 4.93. The van der Waals surface area contributed by atoms with E-state index in [0.717, 1.165) is 46.9 Å². The van der Waals surface area contributed by atoms with Crippen molar-refractivity contribution in [3.05, 3.63) is 16.8 Å². The molecule has 0 spiro atoms. The molecule has 100 valence electrons. The van der Waals surface area contributed by atoms with Crippen LogP contribution in [0.4, 0.5) is 0 Å². The first-order valence-corrected chi connectivity index (χ1v) is 7.17. The van der Waals surface area contributed by atoms with Crippen molar-refractivity contribution >= 4 is 17.6 Å². The number of nitrogens with two attached hydrogens (primary N) is 1. The molecule has 3 N–H and O–H groups in total. The van der Waals surface area contributed by atoms with Crippen molar-refractivity contribution in [3.63, 3.8) is 0 Å². The topological polar surface area (TPSA) is 84.4 Å². The summed E-state index contributed by atoms with van der Waals surface area (Å²) in [6.07, 6.45) is 2.63. The van der Waals surface area contributed by atoms with Gasteiger partial charge in [-0.25, -0.2) is 0 Å². The van der Waals surface area contributed by atoms with Gasteiger partial charge in [0.25, 0.3) is 0 Å². The van der Waals surface area contributed by atoms with Crippen molar-refractivity contribution in [2.45, 2.75) is 45.1 Å². The number of thioether (sulfide) groups is 1. The Morgan fingerprint density at radius 3 is 2.50 bits per heavy atom. The van der Waals surface area contributed by atoms with Gasteiger partial charge < -0.3 is 10.9 Å². The Balaban J connectivity index is 3.34. The second kappa shape index (κ2) is 7.20. The molecule has 18 heavy (non-hydrogen) atoms. The van der Waals surface area contributed by atoms with E-state index in [1.807, 2.05) is 13.8 Å². The van der Waals surface area contributed by atoms with E-state index in [-0.39, 0.29) is 5.84 Å². The molecule has 0 aliphatic carbocycles. The Labute approximate surface area is 112 Å². The molecule has 0 amide bonds. The third kappa shape index (κ3) is 3.13. The summed E-state index contributed by atoms with van der Waals surface area (Å²) >= 11 is 1.59. The Kier molecular flexibility index (Phi) is 5.91. The highest BCUT2D eigenvalue weighted by molar-refractivity contribution is 7.99. The molecule has 0 aliphatic rings. The number of rotatable bonds is 6. The molecular weight excluding hydrogens is 248 g/mol. The molecule has 0 saturated carbocycles. The second-order valence-electron chi connectivity index (χ2n) is 3.85. The standard InChI is InChI=1S/C12H20N4OS/c1-4-7-18-12-10(11(13)16-17)8(5-2)9(6-3)14-15-12/h17H,4-7H2,1-3H3,(H2,13,16). The fraction of sp³-hybridized carbons (Fsp3) is 0.583. The van der Waals surface area contributed by atoms with E-state index < -0.39 is 0 Å². The summed E-state index contributed by atoms with van der Waals surface area (Å²) in [5.41, 5.74) is 8.47. The van der Waals surface area contributed by atoms with Crippen molar-refractivity contribution in [2.75, 3.05) is 5.75 Å². The Morgan fingerprint density at radius 2 is 2.00 bits per heavy atom. The van der Waals surface area contributed by atoms with Crippen LogP contribution in [0.25, 0.3) is 0 Å². The zero-order valence-corrected chi connectivity index (χ0v) is 11.9. The molecule has 0 aliphatic heterocycles. The minimum Gasteiger partial charge on any atom is -0.409 e. The van der Waals surface area contributed by atoms with Gasteiger partial charge in [0.2, 0.25) is 0 Å². The SMILES string of the molecule is CCCSc1nnc(CC)c(CC)c1C(N)=NO. The van der Waals surface area contributed by atoms with Gasteiger partial charge in [-0.1, -0.05) is 25.9 Å². The van der Waals surface area contributed by atoms with Gasteiger partial charge in [0.05, 0.1) is 11.3 Å². The highest BCUT2D eigenvalue weighted by atomic mass is 32.2. The quantitative estimate of drug-likeness (QED) is 0.272. The summed E-state index contributed by atoms with van der Waals surface area (Å²) in [5, 5.41) is 21.2. The van der Waals surface area contributed by atoms with Crippen molar-refractivity contribution < 1.29 is 5.21 Å². The van der Waals surface area contributed by atoms with Crippen molar-refractivity contribution in [1.82, 2.24) is 10.2 Å². The number of aryl methyl sites for hydroxylation is 1. The maximum Gasteiger partial charge on any atom is 0.173 e. The molecule has 0 bridgehead atoms. The lowest BCUT2D eigenvalue weighted by Gasteiger charge is -2.13. The summed E-state index contributed by atoms with van der Waals surface area (Å²) in [5.74, 6) is 1.06. The van der Waals surface area contributed by atoms with Crippen molar-refractivity contribution in [3.8, 4) is 0 Å². The largest absolute Gasteiger partial charge is 0.409 e. The van der Waals surface area contributed by atoms with Crippen LogP contribution >= 0.6 is 11.8 Å². The van der Waals surface area contributed by atoms with Crippen molar-refractivity contribution in [2.24, 2.45) is 10.9 Å². The van der Waals surface area contributed by atoms with Crippen LogP contribution in [-0.4, -0.2) is 27.0 Å². The zero-order valence-electron chi connectivity index (χ0n) is 11.1. The Hall–Kier alpha value is -1.30. The van der Waals surface area contributed by atoms with Gasteiger partial charge in [0, 0.05) is 0 Å². The monoisotopic (exact) mass is 268 g/mol. The molecule has 0 atom stereocenters. The molecule has 1 heterocycles. The molecule has 6 heteroatoms. The number of amidine groups is 1. The van der Waals surface area contributed by atoms with Gasteiger partial charge in [0.1, 0.15) is 5.03 Å². The molecule has 1 aromatic heterocycles. The van der Waals surface area contributed by atoms with Crippen LogP contribution in [0.5, 0.6) is 0 Å². The molecule has 1 aromatic rings. The van der Waals surface area contributed by atoms with E-state index in [4.69, 9.17) is 10.9 Å². The predicted octanol–water partition coefficient (Wildman–Crippen LogP) is 2.20. The lowest BCUT2D eigenvalue weighted by molar-refractivity contribution is 0.318. The average molecular weight is 268 g/mol. The molecule has 0 aromatic carbocycles. The van der Waals surface area contributed by atoms with Crippen LogP contribution < -0.4 is 5.73 Å². The van der Waals surface area contributed by atoms with Gasteiger partial charge in [0.15, 0.2) is 5.84 Å². The Morgan fingerprint density at radius 1 is 1.28 bits per heavy atom. The zero-order chi connectivity index (χ0) is 13.5. The summed E-state index contributed by atoms with van der Waals surface area (Å²) in [6, 6.07) is 0. The maximum absolute atomic E-state index is 8.93. The number of hydrogen-bond acceptors (Lipinski definition) is 5. The van der Waals surface area contributed by atoms with Crippen LogP contribution in [-0.2, 0) is 12.8 Å². The van der Waals surface area contributed by atoms with E-state index in [1.54, 1.807) is 11.8 Å². The van der Waals surface area contributed by atoms with Gasteiger partial charge >= 0.3 is 0 Å². The normalized spacial score (nSPS) is 11.8. The minimum atomic E-state index is 0.120. The number of nitrogens with zero attached hydrogens (tertiary/aromatic N) is 3. The van der Waals surface area contributed by atoms with Gasteiger partial charge in [-0.05, 0) is 30.6 Å². The number of aromatic nitrogens is 2. The van der Waals surface area contributed by atoms with E-state index in [0.29, 0.717) is 0 Å². The summed E-state index contributed by atoms with van der Waals surface area (Å²) in [6.45, 7) is 6.17. The van der Waals surface area contributed by atoms with E-state index in [9.17, 15) is 0 Å². The fourth-order valence-electron chi connectivity index (χ4n) is 1.77. The molecular formula is C12H20N4OS. The first kappa shape index (κ1) is 14.8. The van der Waals surface area contributed by atoms with Crippen molar-refractivity contribution in [1.29, 1.82) is 0 Å². The molecule has 0 saturated heterocycles. The Bertz CT molecular complexity index is 434. The van der Waals surface area contributed by atoms with Crippen LogP contribution in [0, 0.1) is 0 Å². The average Bonchev–Trinajstić information content (AvgIpc) is 2.42. The maximum atomic E-state index is 8.93. The van der Waals surface area contributed by atoms with Crippen LogP contribution in [0.1, 0.15) is 44.0 Å². The molecule has 5 nitrogen and oxygen atoms in total. The van der Waals surface area contributed by atoms with Crippen LogP contribution in [0.3, 0.4) is 0 Å². The highest BCUT2D eigenvalue weighted by Crippen LogP contribution is 2.25. The molecule has 0 fully saturated rings.